The van der Waals surface area contributed by atoms with E-state index in [1.807, 2.05) is 0 Å². The van der Waals surface area contributed by atoms with Crippen LogP contribution in [0.4, 0.5) is 0 Å². The Bertz CT molecular complexity index is 224. The normalized spacial score (nSPS) is 30.4. The van der Waals surface area contributed by atoms with Crippen LogP contribution in [0.2, 0.25) is 0 Å². The van der Waals surface area contributed by atoms with Crippen LogP contribution in [-0.2, 0) is 0 Å². The van der Waals surface area contributed by atoms with Gasteiger partial charge in [-0.1, -0.05) is 46.0 Å². The van der Waals surface area contributed by atoms with Gasteiger partial charge in [-0.3, -0.25) is 4.48 Å². The Kier molecular flexibility index (Phi) is 6.26. The molecule has 3 atom stereocenters. The van der Waals surface area contributed by atoms with Crippen LogP contribution in [0.15, 0.2) is 12.8 Å². The summed E-state index contributed by atoms with van der Waals surface area (Å²) in [5.74, 6) is 1.89. The predicted octanol–water partition coefficient (Wildman–Crippen LogP) is 4.59. The molecule has 1 aliphatic rings. The number of rotatable bonds is 8. The fourth-order valence-corrected chi connectivity index (χ4v) is 2.96. The molecule has 1 fully saturated rings. The van der Waals surface area contributed by atoms with Crippen LogP contribution in [0.5, 0.6) is 0 Å². The quantitative estimate of drug-likeness (QED) is 0.428. The van der Waals surface area contributed by atoms with Crippen molar-refractivity contribution in [3.63, 3.8) is 0 Å². The number of unbranched alkanes of at least 4 members (excludes halogenated alkanes) is 2. The van der Waals surface area contributed by atoms with Crippen molar-refractivity contribution in [3.8, 4) is 0 Å². The lowest BCUT2D eigenvalue weighted by Crippen LogP contribution is -2.34. The van der Waals surface area contributed by atoms with Crippen molar-refractivity contribution in [2.45, 2.75) is 58.8 Å². The number of hydrogen-bond donors (Lipinski definition) is 0. The SMILES string of the molecule is C=C[N+]1(C)CCC(CCCCCC(C)CC)C1. The van der Waals surface area contributed by atoms with Crippen LogP contribution in [-0.4, -0.2) is 24.6 Å². The van der Waals surface area contributed by atoms with Gasteiger partial charge in [0.1, 0.15) is 0 Å². The molecule has 0 aromatic rings. The first kappa shape index (κ1) is 14.8. The van der Waals surface area contributed by atoms with Gasteiger partial charge in [-0.15, -0.1) is 0 Å². The molecule has 1 saturated heterocycles. The lowest BCUT2D eigenvalue weighted by molar-refractivity contribution is -0.847. The molecule has 1 aliphatic heterocycles. The van der Waals surface area contributed by atoms with Crippen LogP contribution in [0, 0.1) is 11.8 Å². The molecule has 0 radical (unpaired) electrons. The van der Waals surface area contributed by atoms with E-state index in [0.717, 1.165) is 16.3 Å². The smallest absolute Gasteiger partial charge is 0.0883 e. The second kappa shape index (κ2) is 7.20. The van der Waals surface area contributed by atoms with Gasteiger partial charge in [-0.05, 0) is 18.9 Å². The van der Waals surface area contributed by atoms with Crippen molar-refractivity contribution in [2.24, 2.45) is 11.8 Å². The van der Waals surface area contributed by atoms with Crippen molar-refractivity contribution in [1.82, 2.24) is 0 Å². The highest BCUT2D eigenvalue weighted by Crippen LogP contribution is 2.27. The van der Waals surface area contributed by atoms with Gasteiger partial charge in [-0.2, -0.15) is 0 Å². The second-order valence-corrected chi connectivity index (χ2v) is 6.37. The Balaban J connectivity index is 2.03. The van der Waals surface area contributed by atoms with Gasteiger partial charge >= 0.3 is 0 Å². The van der Waals surface area contributed by atoms with Crippen molar-refractivity contribution in [3.05, 3.63) is 12.8 Å². The van der Waals surface area contributed by atoms with Gasteiger partial charge in [-0.25, -0.2) is 0 Å². The zero-order chi connectivity index (χ0) is 12.7. The topological polar surface area (TPSA) is 0 Å². The summed E-state index contributed by atoms with van der Waals surface area (Å²) in [7, 11) is 2.32. The first-order valence-corrected chi connectivity index (χ1v) is 7.57. The zero-order valence-electron chi connectivity index (χ0n) is 12.3. The highest BCUT2D eigenvalue weighted by molar-refractivity contribution is 4.70. The molecule has 1 heteroatoms. The summed E-state index contributed by atoms with van der Waals surface area (Å²) in [6.07, 6.45) is 12.1. The van der Waals surface area contributed by atoms with Gasteiger partial charge in [0.05, 0.1) is 26.3 Å². The standard InChI is InChI=1S/C16H32N/c1-5-15(3)10-8-7-9-11-16-12-13-17(4,6-2)14-16/h6,15-16H,2,5,7-14H2,1,3-4H3/q+1. The molecule has 3 unspecified atom stereocenters. The van der Waals surface area contributed by atoms with Crippen molar-refractivity contribution < 1.29 is 4.48 Å². The molecular formula is C16H32N+. The molecule has 0 aliphatic carbocycles. The van der Waals surface area contributed by atoms with E-state index in [2.05, 4.69) is 33.7 Å². The summed E-state index contributed by atoms with van der Waals surface area (Å²) in [4.78, 5) is 0. The average molecular weight is 238 g/mol. The van der Waals surface area contributed by atoms with Gasteiger partial charge in [0, 0.05) is 12.3 Å². The molecule has 1 nitrogen and oxygen atoms in total. The Morgan fingerprint density at radius 3 is 2.71 bits per heavy atom. The fraction of sp³-hybridized carbons (Fsp3) is 0.875. The minimum atomic E-state index is 0.933. The van der Waals surface area contributed by atoms with Crippen molar-refractivity contribution in [1.29, 1.82) is 0 Å². The van der Waals surface area contributed by atoms with Crippen LogP contribution in [0.25, 0.3) is 0 Å². The molecule has 0 aromatic carbocycles. The van der Waals surface area contributed by atoms with E-state index >= 15 is 0 Å². The molecule has 100 valence electrons. The molecule has 1 rings (SSSR count). The summed E-state index contributed by atoms with van der Waals surface area (Å²) in [6.45, 7) is 11.3. The maximum atomic E-state index is 3.96. The number of quaternary nitrogens is 1. The molecule has 0 spiro atoms. The summed E-state index contributed by atoms with van der Waals surface area (Å²) in [5.41, 5.74) is 0. The van der Waals surface area contributed by atoms with E-state index < -0.39 is 0 Å². The van der Waals surface area contributed by atoms with Crippen LogP contribution in [0.3, 0.4) is 0 Å². The van der Waals surface area contributed by atoms with Crippen LogP contribution in [0.1, 0.15) is 58.8 Å². The molecule has 1 heterocycles. The van der Waals surface area contributed by atoms with E-state index in [9.17, 15) is 0 Å². The minimum Gasteiger partial charge on any atom is -0.300 e. The minimum absolute atomic E-state index is 0.933. The summed E-state index contributed by atoms with van der Waals surface area (Å²) >= 11 is 0. The molecule has 0 N–H and O–H groups in total. The van der Waals surface area contributed by atoms with E-state index in [-0.39, 0.29) is 0 Å². The number of likely N-dealkylation sites (tertiary alicyclic amines) is 1. The van der Waals surface area contributed by atoms with E-state index in [0.29, 0.717) is 0 Å². The van der Waals surface area contributed by atoms with Gasteiger partial charge < -0.3 is 0 Å². The van der Waals surface area contributed by atoms with Gasteiger partial charge in [0.25, 0.3) is 0 Å². The third kappa shape index (κ3) is 5.25. The molecule has 0 bridgehead atoms. The fourth-order valence-electron chi connectivity index (χ4n) is 2.96. The third-order valence-electron chi connectivity index (χ3n) is 4.67. The maximum absolute atomic E-state index is 3.96. The van der Waals surface area contributed by atoms with E-state index in [1.165, 1.54) is 58.0 Å². The predicted molar refractivity (Wildman–Crippen MR) is 76.8 cm³/mol. The molecule has 0 saturated carbocycles. The molecular weight excluding hydrogens is 206 g/mol. The first-order chi connectivity index (χ1) is 8.09. The van der Waals surface area contributed by atoms with Crippen molar-refractivity contribution >= 4 is 0 Å². The highest BCUT2D eigenvalue weighted by atomic mass is 15.3. The van der Waals surface area contributed by atoms with Crippen LogP contribution < -0.4 is 0 Å². The summed E-state index contributed by atoms with van der Waals surface area (Å²) < 4.78 is 1.09. The molecule has 0 amide bonds. The average Bonchev–Trinajstić information content (AvgIpc) is 2.71. The number of nitrogens with zero attached hydrogens (tertiary/aromatic N) is 1. The van der Waals surface area contributed by atoms with E-state index in [4.69, 9.17) is 0 Å². The lowest BCUT2D eigenvalue weighted by Gasteiger charge is -2.23. The largest absolute Gasteiger partial charge is 0.300 e. The first-order valence-electron chi connectivity index (χ1n) is 7.57. The Labute approximate surface area is 108 Å². The highest BCUT2D eigenvalue weighted by Gasteiger charge is 2.31. The monoisotopic (exact) mass is 238 g/mol. The number of hydrogen-bond acceptors (Lipinski definition) is 0. The van der Waals surface area contributed by atoms with Crippen molar-refractivity contribution in [2.75, 3.05) is 20.1 Å². The van der Waals surface area contributed by atoms with Crippen LogP contribution >= 0.6 is 0 Å². The van der Waals surface area contributed by atoms with E-state index in [1.54, 1.807) is 0 Å². The Morgan fingerprint density at radius 1 is 1.35 bits per heavy atom. The molecule has 17 heavy (non-hydrogen) atoms. The second-order valence-electron chi connectivity index (χ2n) is 6.37. The molecule has 0 aromatic heterocycles. The maximum Gasteiger partial charge on any atom is 0.0883 e. The Morgan fingerprint density at radius 2 is 2.12 bits per heavy atom. The Hall–Kier alpha value is -0.300. The zero-order valence-corrected chi connectivity index (χ0v) is 12.3. The summed E-state index contributed by atoms with van der Waals surface area (Å²) in [6, 6.07) is 0. The van der Waals surface area contributed by atoms with Gasteiger partial charge in [0.15, 0.2) is 0 Å². The van der Waals surface area contributed by atoms with Gasteiger partial charge in [0.2, 0.25) is 0 Å². The lowest BCUT2D eigenvalue weighted by atomic mass is 9.97. The summed E-state index contributed by atoms with van der Waals surface area (Å²) in [5, 5.41) is 0. The third-order valence-corrected chi connectivity index (χ3v) is 4.67.